The molecule has 1 fully saturated rings. The number of carbonyl (C=O) groups is 1. The summed E-state index contributed by atoms with van der Waals surface area (Å²) < 4.78 is 5.49. The standard InChI is InChI=1S/C22H32N4OS/c1-16(2)14-25-17(3)18(4)26(22(25)28)15-24-12-10-19(11-13-24)21(27)23-20-8-6-5-7-9-20/h5-9,16,19H,10-15H2,1-4H3,(H,23,27)/p+1. The van der Waals surface area contributed by atoms with Crippen LogP contribution in [0.3, 0.4) is 0 Å². The molecule has 2 N–H and O–H groups in total. The first-order chi connectivity index (χ1) is 13.4. The fourth-order valence-corrected chi connectivity index (χ4v) is 4.44. The summed E-state index contributed by atoms with van der Waals surface area (Å²) in [7, 11) is 0. The minimum absolute atomic E-state index is 0.102. The number of hydrogen-bond acceptors (Lipinski definition) is 2. The van der Waals surface area contributed by atoms with E-state index < -0.39 is 0 Å². The van der Waals surface area contributed by atoms with Crippen molar-refractivity contribution in [3.63, 3.8) is 0 Å². The van der Waals surface area contributed by atoms with E-state index in [4.69, 9.17) is 12.2 Å². The molecule has 152 valence electrons. The van der Waals surface area contributed by atoms with Crippen LogP contribution in [0, 0.1) is 30.5 Å². The molecule has 0 spiro atoms. The fourth-order valence-electron chi connectivity index (χ4n) is 4.03. The number of para-hydroxylation sites is 1. The van der Waals surface area contributed by atoms with Crippen LogP contribution in [0.2, 0.25) is 0 Å². The number of piperidine rings is 1. The maximum atomic E-state index is 12.5. The van der Waals surface area contributed by atoms with E-state index in [-0.39, 0.29) is 11.8 Å². The predicted molar refractivity (Wildman–Crippen MR) is 116 cm³/mol. The molecule has 0 radical (unpaired) electrons. The summed E-state index contributed by atoms with van der Waals surface area (Å²) in [6, 6.07) is 9.73. The number of likely N-dealkylation sites (tertiary alicyclic amines) is 1. The van der Waals surface area contributed by atoms with Gasteiger partial charge in [-0.1, -0.05) is 32.0 Å². The molecule has 3 rings (SSSR count). The van der Waals surface area contributed by atoms with Crippen LogP contribution in [0.5, 0.6) is 0 Å². The Bertz CT molecular complexity index is 861. The van der Waals surface area contributed by atoms with Crippen LogP contribution in [-0.2, 0) is 18.0 Å². The maximum absolute atomic E-state index is 12.5. The molecule has 6 heteroatoms. The smallest absolute Gasteiger partial charge is 0.227 e. The molecule has 1 aromatic heterocycles. The molecule has 0 unspecified atom stereocenters. The number of benzene rings is 1. The summed E-state index contributed by atoms with van der Waals surface area (Å²) in [6.45, 7) is 12.7. The average molecular weight is 402 g/mol. The molecule has 2 heterocycles. The minimum Gasteiger partial charge on any atom is -0.326 e. The van der Waals surface area contributed by atoms with E-state index in [0.717, 1.165) is 49.6 Å². The SMILES string of the molecule is Cc1c(C)n(C[NH+]2CCC(C(=O)Nc3ccccc3)CC2)c(=S)n1CC(C)C. The molecule has 28 heavy (non-hydrogen) atoms. The summed E-state index contributed by atoms with van der Waals surface area (Å²) in [5.41, 5.74) is 3.42. The van der Waals surface area contributed by atoms with Gasteiger partial charge < -0.3 is 14.8 Å². The van der Waals surface area contributed by atoms with Crippen LogP contribution in [0.1, 0.15) is 38.1 Å². The van der Waals surface area contributed by atoms with E-state index in [0.29, 0.717) is 5.92 Å². The van der Waals surface area contributed by atoms with E-state index in [1.165, 1.54) is 16.3 Å². The van der Waals surface area contributed by atoms with Crippen molar-refractivity contribution in [2.24, 2.45) is 11.8 Å². The molecular weight excluding hydrogens is 368 g/mol. The average Bonchev–Trinajstić information content (AvgIpc) is 2.87. The Morgan fingerprint density at radius 2 is 1.75 bits per heavy atom. The molecule has 0 aliphatic carbocycles. The number of aromatic nitrogens is 2. The normalized spacial score (nSPS) is 19.8. The lowest BCUT2D eigenvalue weighted by molar-refractivity contribution is -0.928. The Hall–Kier alpha value is -1.92. The summed E-state index contributed by atoms with van der Waals surface area (Å²) in [5.74, 6) is 0.828. The van der Waals surface area contributed by atoms with Crippen molar-refractivity contribution in [3.05, 3.63) is 46.5 Å². The van der Waals surface area contributed by atoms with Crippen molar-refractivity contribution in [2.75, 3.05) is 18.4 Å². The zero-order valence-corrected chi connectivity index (χ0v) is 18.3. The first-order valence-electron chi connectivity index (χ1n) is 10.3. The lowest BCUT2D eigenvalue weighted by atomic mass is 9.96. The molecule has 2 aromatic rings. The number of imidazole rings is 1. The Labute approximate surface area is 173 Å². The summed E-state index contributed by atoms with van der Waals surface area (Å²) >= 11 is 5.77. The third kappa shape index (κ3) is 4.73. The summed E-state index contributed by atoms with van der Waals surface area (Å²) in [6.07, 6.45) is 1.85. The van der Waals surface area contributed by atoms with E-state index in [9.17, 15) is 4.79 Å². The fraction of sp³-hybridized carbons (Fsp3) is 0.545. The van der Waals surface area contributed by atoms with Gasteiger partial charge in [0.2, 0.25) is 5.91 Å². The number of amides is 1. The number of carbonyl (C=O) groups excluding carboxylic acids is 1. The molecule has 1 aliphatic heterocycles. The number of anilines is 1. The molecule has 0 saturated carbocycles. The highest BCUT2D eigenvalue weighted by atomic mass is 32.1. The second kappa shape index (κ2) is 9.05. The van der Waals surface area contributed by atoms with Crippen LogP contribution < -0.4 is 10.2 Å². The molecule has 0 bridgehead atoms. The molecule has 1 aliphatic rings. The van der Waals surface area contributed by atoms with Gasteiger partial charge in [0.25, 0.3) is 0 Å². The second-order valence-electron chi connectivity index (χ2n) is 8.42. The molecule has 1 amide bonds. The molecular formula is C22H33N4OS+. The quantitative estimate of drug-likeness (QED) is 0.730. The van der Waals surface area contributed by atoms with Crippen LogP contribution in [-0.4, -0.2) is 28.1 Å². The van der Waals surface area contributed by atoms with Gasteiger partial charge >= 0.3 is 0 Å². The molecule has 5 nitrogen and oxygen atoms in total. The zero-order chi connectivity index (χ0) is 20.3. The Morgan fingerprint density at radius 1 is 1.14 bits per heavy atom. The van der Waals surface area contributed by atoms with Gasteiger partial charge in [0.05, 0.1) is 13.1 Å². The van der Waals surface area contributed by atoms with Crippen molar-refractivity contribution in [1.82, 2.24) is 9.13 Å². The highest BCUT2D eigenvalue weighted by molar-refractivity contribution is 7.71. The van der Waals surface area contributed by atoms with Crippen molar-refractivity contribution >= 4 is 23.8 Å². The van der Waals surface area contributed by atoms with Crippen molar-refractivity contribution < 1.29 is 9.69 Å². The topological polar surface area (TPSA) is 43.4 Å². The summed E-state index contributed by atoms with van der Waals surface area (Å²) in [5, 5.41) is 3.05. The lowest BCUT2D eigenvalue weighted by Gasteiger charge is -2.29. The maximum Gasteiger partial charge on any atom is 0.227 e. The first kappa shape index (κ1) is 20.8. The van der Waals surface area contributed by atoms with Gasteiger partial charge in [0.15, 0.2) is 11.4 Å². The monoisotopic (exact) mass is 401 g/mol. The Kier molecular flexibility index (Phi) is 6.73. The molecule has 0 atom stereocenters. The number of rotatable bonds is 6. The second-order valence-corrected chi connectivity index (χ2v) is 8.79. The number of quaternary nitrogens is 1. The van der Waals surface area contributed by atoms with Crippen LogP contribution in [0.15, 0.2) is 30.3 Å². The van der Waals surface area contributed by atoms with E-state index >= 15 is 0 Å². The predicted octanol–water partition coefficient (Wildman–Crippen LogP) is 3.18. The van der Waals surface area contributed by atoms with Gasteiger partial charge in [-0.2, -0.15) is 0 Å². The number of nitrogens with one attached hydrogen (secondary N) is 2. The van der Waals surface area contributed by atoms with Gasteiger partial charge in [0, 0.05) is 42.4 Å². The van der Waals surface area contributed by atoms with Gasteiger partial charge in [-0.15, -0.1) is 0 Å². The van der Waals surface area contributed by atoms with Gasteiger partial charge in [-0.3, -0.25) is 9.36 Å². The lowest BCUT2D eigenvalue weighted by Crippen LogP contribution is -3.12. The van der Waals surface area contributed by atoms with Crippen molar-refractivity contribution in [2.45, 2.75) is 53.8 Å². The van der Waals surface area contributed by atoms with Gasteiger partial charge in [-0.25, -0.2) is 0 Å². The third-order valence-electron chi connectivity index (χ3n) is 5.83. The Morgan fingerprint density at radius 3 is 2.36 bits per heavy atom. The van der Waals surface area contributed by atoms with E-state index in [1.807, 2.05) is 30.3 Å². The summed E-state index contributed by atoms with van der Waals surface area (Å²) in [4.78, 5) is 14.1. The molecule has 1 aromatic carbocycles. The number of hydrogen-bond donors (Lipinski definition) is 2. The first-order valence-corrected chi connectivity index (χ1v) is 10.7. The molecule has 1 saturated heterocycles. The third-order valence-corrected chi connectivity index (χ3v) is 6.27. The van der Waals surface area contributed by atoms with Crippen LogP contribution in [0.25, 0.3) is 0 Å². The largest absolute Gasteiger partial charge is 0.326 e. The Balaban J connectivity index is 1.59. The van der Waals surface area contributed by atoms with Crippen LogP contribution in [0.4, 0.5) is 5.69 Å². The van der Waals surface area contributed by atoms with Crippen molar-refractivity contribution in [3.8, 4) is 0 Å². The van der Waals surface area contributed by atoms with Gasteiger partial charge in [-0.05, 0) is 44.1 Å². The van der Waals surface area contributed by atoms with E-state index in [1.54, 1.807) is 0 Å². The zero-order valence-electron chi connectivity index (χ0n) is 17.5. The van der Waals surface area contributed by atoms with E-state index in [2.05, 4.69) is 42.1 Å². The number of nitrogens with zero attached hydrogens (tertiary/aromatic N) is 2. The van der Waals surface area contributed by atoms with Crippen molar-refractivity contribution in [1.29, 1.82) is 0 Å². The highest BCUT2D eigenvalue weighted by Gasteiger charge is 2.28. The minimum atomic E-state index is 0.102. The highest BCUT2D eigenvalue weighted by Crippen LogP contribution is 2.16. The van der Waals surface area contributed by atoms with Crippen LogP contribution >= 0.6 is 12.2 Å². The van der Waals surface area contributed by atoms with Gasteiger partial charge in [0.1, 0.15) is 0 Å².